The lowest BCUT2D eigenvalue weighted by molar-refractivity contribution is -0.121. The van der Waals surface area contributed by atoms with E-state index in [0.717, 1.165) is 18.8 Å². The Bertz CT molecular complexity index is 506. The molecule has 0 aromatic heterocycles. The van der Waals surface area contributed by atoms with Crippen molar-refractivity contribution in [1.29, 1.82) is 0 Å². The molecule has 2 amide bonds. The number of amides is 2. The molecule has 2 N–H and O–H groups in total. The molecular formula is C14H17N3O2. The van der Waals surface area contributed by atoms with Gasteiger partial charge in [0.2, 0.25) is 5.91 Å². The first kappa shape index (κ1) is 12.2. The molecule has 0 spiro atoms. The summed E-state index contributed by atoms with van der Waals surface area (Å²) in [5, 5.41) is 0. The number of hydrogen-bond acceptors (Lipinski definition) is 4. The number of hydrogen-bond donors (Lipinski definition) is 1. The molecule has 1 atom stereocenters. The number of anilines is 2. The third kappa shape index (κ3) is 2.10. The number of carbonyl (C=O) groups excluding carboxylic acids is 2. The second-order valence-corrected chi connectivity index (χ2v) is 5.09. The quantitative estimate of drug-likeness (QED) is 0.801. The fourth-order valence-corrected chi connectivity index (χ4v) is 2.71. The maximum absolute atomic E-state index is 11.8. The Morgan fingerprint density at radius 3 is 2.11 bits per heavy atom. The number of carbonyl (C=O) groups is 2. The molecule has 2 fully saturated rings. The van der Waals surface area contributed by atoms with Gasteiger partial charge in [0.1, 0.15) is 0 Å². The van der Waals surface area contributed by atoms with E-state index in [-0.39, 0.29) is 18.2 Å². The van der Waals surface area contributed by atoms with Gasteiger partial charge in [-0.3, -0.25) is 9.59 Å². The largest absolute Gasteiger partial charge is 0.372 e. The third-order valence-corrected chi connectivity index (χ3v) is 3.76. The van der Waals surface area contributed by atoms with E-state index in [1.165, 1.54) is 17.7 Å². The van der Waals surface area contributed by atoms with Gasteiger partial charge in [0, 0.05) is 18.8 Å². The van der Waals surface area contributed by atoms with Gasteiger partial charge in [-0.05, 0) is 37.1 Å². The molecule has 0 radical (unpaired) electrons. The zero-order valence-electron chi connectivity index (χ0n) is 10.7. The standard InChI is InChI=1S/C14H17N3O2/c15-12-9-13(18)17(14(12)19)11-5-3-10(4-6-11)16-7-1-2-8-16/h3-6,12H,1-2,7-9,15H2. The molecule has 2 heterocycles. The van der Waals surface area contributed by atoms with Crippen molar-refractivity contribution in [1.82, 2.24) is 0 Å². The Morgan fingerprint density at radius 2 is 1.58 bits per heavy atom. The van der Waals surface area contributed by atoms with Crippen molar-refractivity contribution >= 4 is 23.2 Å². The predicted molar refractivity (Wildman–Crippen MR) is 73.0 cm³/mol. The first-order chi connectivity index (χ1) is 9.16. The molecule has 0 aliphatic carbocycles. The molecular weight excluding hydrogens is 242 g/mol. The highest BCUT2D eigenvalue weighted by Crippen LogP contribution is 2.26. The van der Waals surface area contributed by atoms with Gasteiger partial charge in [0.05, 0.1) is 18.2 Å². The fraction of sp³-hybridized carbons (Fsp3) is 0.429. The summed E-state index contributed by atoms with van der Waals surface area (Å²) < 4.78 is 0. The Balaban J connectivity index is 1.82. The number of imide groups is 1. The van der Waals surface area contributed by atoms with Crippen molar-refractivity contribution in [3.8, 4) is 0 Å². The van der Waals surface area contributed by atoms with Gasteiger partial charge in [-0.1, -0.05) is 0 Å². The van der Waals surface area contributed by atoms with Crippen LogP contribution in [0.15, 0.2) is 24.3 Å². The van der Waals surface area contributed by atoms with Gasteiger partial charge in [0.25, 0.3) is 5.91 Å². The molecule has 2 aliphatic heterocycles. The van der Waals surface area contributed by atoms with E-state index in [1.54, 1.807) is 0 Å². The Morgan fingerprint density at radius 1 is 1.00 bits per heavy atom. The van der Waals surface area contributed by atoms with Crippen LogP contribution in [0.1, 0.15) is 19.3 Å². The Hall–Kier alpha value is -1.88. The van der Waals surface area contributed by atoms with Crippen molar-refractivity contribution in [3.63, 3.8) is 0 Å². The highest BCUT2D eigenvalue weighted by Gasteiger charge is 2.37. The smallest absolute Gasteiger partial charge is 0.251 e. The molecule has 5 nitrogen and oxygen atoms in total. The van der Waals surface area contributed by atoms with Crippen LogP contribution in [0.4, 0.5) is 11.4 Å². The van der Waals surface area contributed by atoms with Crippen molar-refractivity contribution in [3.05, 3.63) is 24.3 Å². The van der Waals surface area contributed by atoms with Gasteiger partial charge < -0.3 is 10.6 Å². The van der Waals surface area contributed by atoms with Gasteiger partial charge in [-0.15, -0.1) is 0 Å². The minimum atomic E-state index is -0.689. The highest BCUT2D eigenvalue weighted by molar-refractivity contribution is 6.22. The maximum atomic E-state index is 11.8. The molecule has 0 bridgehead atoms. The molecule has 5 heteroatoms. The lowest BCUT2D eigenvalue weighted by atomic mass is 10.2. The van der Waals surface area contributed by atoms with Crippen LogP contribution in [-0.4, -0.2) is 30.9 Å². The van der Waals surface area contributed by atoms with Crippen LogP contribution < -0.4 is 15.5 Å². The molecule has 0 saturated carbocycles. The normalized spacial score (nSPS) is 23.5. The van der Waals surface area contributed by atoms with Gasteiger partial charge in [0.15, 0.2) is 0 Å². The number of nitrogens with zero attached hydrogens (tertiary/aromatic N) is 2. The summed E-state index contributed by atoms with van der Waals surface area (Å²) in [4.78, 5) is 27.1. The summed E-state index contributed by atoms with van der Waals surface area (Å²) in [5.41, 5.74) is 7.37. The van der Waals surface area contributed by atoms with Crippen LogP contribution in [0, 0.1) is 0 Å². The summed E-state index contributed by atoms with van der Waals surface area (Å²) in [7, 11) is 0. The lowest BCUT2D eigenvalue weighted by Gasteiger charge is -2.19. The van der Waals surface area contributed by atoms with Gasteiger partial charge >= 0.3 is 0 Å². The molecule has 2 saturated heterocycles. The fourth-order valence-electron chi connectivity index (χ4n) is 2.71. The molecule has 19 heavy (non-hydrogen) atoms. The first-order valence-corrected chi connectivity index (χ1v) is 6.64. The van der Waals surface area contributed by atoms with E-state index in [1.807, 2.05) is 24.3 Å². The SMILES string of the molecule is NC1CC(=O)N(c2ccc(N3CCCC3)cc2)C1=O. The predicted octanol–water partition coefficient (Wildman–Crippen LogP) is 0.877. The summed E-state index contributed by atoms with van der Waals surface area (Å²) in [6.45, 7) is 2.15. The topological polar surface area (TPSA) is 66.6 Å². The van der Waals surface area contributed by atoms with Crippen LogP contribution in [0.2, 0.25) is 0 Å². The molecule has 3 rings (SSSR count). The van der Waals surface area contributed by atoms with Gasteiger partial charge in [-0.2, -0.15) is 0 Å². The van der Waals surface area contributed by atoms with Crippen LogP contribution in [0.3, 0.4) is 0 Å². The van der Waals surface area contributed by atoms with Crippen LogP contribution in [-0.2, 0) is 9.59 Å². The van der Waals surface area contributed by atoms with E-state index in [4.69, 9.17) is 5.73 Å². The Kier molecular flexibility index (Phi) is 2.98. The third-order valence-electron chi connectivity index (χ3n) is 3.76. The monoisotopic (exact) mass is 259 g/mol. The summed E-state index contributed by atoms with van der Waals surface area (Å²) in [6, 6.07) is 6.88. The average Bonchev–Trinajstić information content (AvgIpc) is 3.00. The van der Waals surface area contributed by atoms with E-state index in [2.05, 4.69) is 4.90 Å². The van der Waals surface area contributed by atoms with Crippen molar-refractivity contribution < 1.29 is 9.59 Å². The minimum absolute atomic E-state index is 0.104. The molecule has 1 aromatic carbocycles. The lowest BCUT2D eigenvalue weighted by Crippen LogP contribution is -2.35. The summed E-state index contributed by atoms with van der Waals surface area (Å²) in [6.07, 6.45) is 2.55. The van der Waals surface area contributed by atoms with E-state index >= 15 is 0 Å². The molecule has 1 aromatic rings. The summed E-state index contributed by atoms with van der Waals surface area (Å²) >= 11 is 0. The Labute approximate surface area is 112 Å². The second-order valence-electron chi connectivity index (χ2n) is 5.09. The zero-order valence-corrected chi connectivity index (χ0v) is 10.7. The zero-order chi connectivity index (χ0) is 13.4. The van der Waals surface area contributed by atoms with Crippen molar-refractivity contribution in [2.75, 3.05) is 22.9 Å². The first-order valence-electron chi connectivity index (χ1n) is 6.64. The maximum Gasteiger partial charge on any atom is 0.251 e. The van der Waals surface area contributed by atoms with Crippen molar-refractivity contribution in [2.24, 2.45) is 5.73 Å². The number of nitrogens with two attached hydrogens (primary N) is 1. The molecule has 1 unspecified atom stereocenters. The molecule has 2 aliphatic rings. The summed E-state index contributed by atoms with van der Waals surface area (Å²) in [5.74, 6) is -0.523. The number of rotatable bonds is 2. The molecule has 100 valence electrons. The minimum Gasteiger partial charge on any atom is -0.372 e. The van der Waals surface area contributed by atoms with Gasteiger partial charge in [-0.25, -0.2) is 4.90 Å². The number of benzene rings is 1. The second kappa shape index (κ2) is 4.66. The van der Waals surface area contributed by atoms with Crippen LogP contribution in [0.5, 0.6) is 0 Å². The van der Waals surface area contributed by atoms with Crippen molar-refractivity contribution in [2.45, 2.75) is 25.3 Å². The highest BCUT2D eigenvalue weighted by atomic mass is 16.2. The average molecular weight is 259 g/mol. The van der Waals surface area contributed by atoms with E-state index in [0.29, 0.717) is 5.69 Å². The van der Waals surface area contributed by atoms with Crippen LogP contribution in [0.25, 0.3) is 0 Å². The van der Waals surface area contributed by atoms with E-state index < -0.39 is 6.04 Å². The van der Waals surface area contributed by atoms with Crippen LogP contribution >= 0.6 is 0 Å². The van der Waals surface area contributed by atoms with E-state index in [9.17, 15) is 9.59 Å².